The number of rotatable bonds is 10. The average Bonchev–Trinajstić information content (AvgIpc) is 2.73. The van der Waals surface area contributed by atoms with E-state index < -0.39 is 0 Å². The van der Waals surface area contributed by atoms with Crippen LogP contribution in [-0.2, 0) is 0 Å². The monoisotopic (exact) mass is 317 g/mol. The van der Waals surface area contributed by atoms with Crippen LogP contribution in [0, 0.1) is 0 Å². The van der Waals surface area contributed by atoms with Gasteiger partial charge in [-0.15, -0.1) is 0 Å². The highest BCUT2D eigenvalue weighted by Crippen LogP contribution is 2.26. The average molecular weight is 318 g/mol. The minimum absolute atomic E-state index is 0.842. The summed E-state index contributed by atoms with van der Waals surface area (Å²) in [5.41, 5.74) is 0. The van der Waals surface area contributed by atoms with Crippen LogP contribution in [0.1, 0.15) is 78.1 Å². The first-order chi connectivity index (χ1) is 8.79. The lowest BCUT2D eigenvalue weighted by atomic mass is 10.1. The summed E-state index contributed by atoms with van der Waals surface area (Å²) in [4.78, 5) is 2.77. The number of hydrogen-bond donors (Lipinski definition) is 0. The second-order valence-corrected chi connectivity index (χ2v) is 6.68. The molecule has 1 fully saturated rings. The fourth-order valence-corrected chi connectivity index (χ4v) is 3.64. The molecule has 1 nitrogen and oxygen atoms in total. The number of alkyl halides is 1. The zero-order valence-corrected chi connectivity index (χ0v) is 14.1. The van der Waals surface area contributed by atoms with Gasteiger partial charge in [0, 0.05) is 17.4 Å². The summed E-state index contributed by atoms with van der Waals surface area (Å²) in [6, 6.07) is 1.73. The van der Waals surface area contributed by atoms with Gasteiger partial charge in [-0.25, -0.2) is 0 Å². The van der Waals surface area contributed by atoms with Gasteiger partial charge >= 0.3 is 0 Å². The maximum atomic E-state index is 3.49. The Balaban J connectivity index is 1.96. The molecule has 1 saturated heterocycles. The molecule has 0 aromatic heterocycles. The summed E-state index contributed by atoms with van der Waals surface area (Å²) in [5, 5.41) is 1.18. The molecule has 1 rings (SSSR count). The Morgan fingerprint density at radius 1 is 0.944 bits per heavy atom. The van der Waals surface area contributed by atoms with E-state index in [2.05, 4.69) is 34.7 Å². The van der Waals surface area contributed by atoms with E-state index in [0.29, 0.717) is 0 Å². The maximum Gasteiger partial charge on any atom is 0.00960 e. The standard InChI is InChI=1S/C16H32BrN/c1-3-16-12-11-15(2)18(16)14-10-8-6-4-5-7-9-13-17/h15-16H,3-14H2,1-2H3. The normalized spacial score (nSPS) is 24.8. The van der Waals surface area contributed by atoms with Crippen molar-refractivity contribution < 1.29 is 0 Å². The smallest absolute Gasteiger partial charge is 0.00960 e. The van der Waals surface area contributed by atoms with E-state index in [-0.39, 0.29) is 0 Å². The number of nitrogens with zero attached hydrogens (tertiary/aromatic N) is 1. The molecule has 1 aliphatic heterocycles. The Kier molecular flexibility index (Phi) is 9.40. The molecule has 2 unspecified atom stereocenters. The maximum absolute atomic E-state index is 3.49. The summed E-state index contributed by atoms with van der Waals surface area (Å²) in [5.74, 6) is 0. The van der Waals surface area contributed by atoms with Crippen molar-refractivity contribution in [3.05, 3.63) is 0 Å². The van der Waals surface area contributed by atoms with Gasteiger partial charge in [0.1, 0.15) is 0 Å². The summed E-state index contributed by atoms with van der Waals surface area (Å²) < 4.78 is 0. The molecule has 0 aromatic rings. The predicted octanol–water partition coefficient (Wildman–Crippen LogP) is 5.37. The summed E-state index contributed by atoms with van der Waals surface area (Å²) in [6.07, 6.45) is 14.1. The largest absolute Gasteiger partial charge is 0.298 e. The Bertz CT molecular complexity index is 196. The predicted molar refractivity (Wildman–Crippen MR) is 85.6 cm³/mol. The number of hydrogen-bond acceptors (Lipinski definition) is 1. The van der Waals surface area contributed by atoms with Gasteiger partial charge in [0.2, 0.25) is 0 Å². The summed E-state index contributed by atoms with van der Waals surface area (Å²) in [7, 11) is 0. The zero-order chi connectivity index (χ0) is 13.2. The van der Waals surface area contributed by atoms with Gasteiger partial charge in [-0.2, -0.15) is 0 Å². The highest BCUT2D eigenvalue weighted by atomic mass is 79.9. The lowest BCUT2D eigenvalue weighted by molar-refractivity contribution is 0.194. The molecule has 0 radical (unpaired) electrons. The molecule has 0 N–H and O–H groups in total. The van der Waals surface area contributed by atoms with Crippen LogP contribution in [0.15, 0.2) is 0 Å². The van der Waals surface area contributed by atoms with E-state index in [1.165, 1.54) is 76.1 Å². The zero-order valence-electron chi connectivity index (χ0n) is 12.5. The highest BCUT2D eigenvalue weighted by Gasteiger charge is 2.28. The Labute approximate surface area is 123 Å². The first-order valence-electron chi connectivity index (χ1n) is 8.11. The van der Waals surface area contributed by atoms with Crippen molar-refractivity contribution in [1.29, 1.82) is 0 Å². The Morgan fingerprint density at radius 2 is 1.56 bits per heavy atom. The number of halogens is 1. The molecular formula is C16H32BrN. The van der Waals surface area contributed by atoms with Gasteiger partial charge in [0.25, 0.3) is 0 Å². The molecule has 0 amide bonds. The molecule has 108 valence electrons. The van der Waals surface area contributed by atoms with E-state index in [9.17, 15) is 0 Å². The van der Waals surface area contributed by atoms with Crippen LogP contribution in [0.4, 0.5) is 0 Å². The van der Waals surface area contributed by atoms with Crippen molar-refractivity contribution in [3.8, 4) is 0 Å². The minimum atomic E-state index is 0.842. The number of likely N-dealkylation sites (tertiary alicyclic amines) is 1. The SMILES string of the molecule is CCC1CCC(C)N1CCCCCCCCCBr. The van der Waals surface area contributed by atoms with E-state index in [1.54, 1.807) is 0 Å². The van der Waals surface area contributed by atoms with Crippen molar-refractivity contribution in [2.75, 3.05) is 11.9 Å². The summed E-state index contributed by atoms with van der Waals surface area (Å²) in [6.45, 7) is 6.11. The molecule has 0 spiro atoms. The molecule has 2 atom stereocenters. The molecule has 1 aliphatic rings. The third-order valence-electron chi connectivity index (χ3n) is 4.47. The summed E-state index contributed by atoms with van der Waals surface area (Å²) >= 11 is 3.49. The van der Waals surface area contributed by atoms with Crippen molar-refractivity contribution >= 4 is 15.9 Å². The molecular weight excluding hydrogens is 286 g/mol. The second-order valence-electron chi connectivity index (χ2n) is 5.89. The van der Waals surface area contributed by atoms with E-state index >= 15 is 0 Å². The quantitative estimate of drug-likeness (QED) is 0.386. The van der Waals surface area contributed by atoms with Gasteiger partial charge in [0.05, 0.1) is 0 Å². The highest BCUT2D eigenvalue weighted by molar-refractivity contribution is 9.09. The minimum Gasteiger partial charge on any atom is -0.298 e. The molecule has 18 heavy (non-hydrogen) atoms. The second kappa shape index (κ2) is 10.3. The molecule has 0 aliphatic carbocycles. The molecule has 0 bridgehead atoms. The van der Waals surface area contributed by atoms with Gasteiger partial charge in [-0.05, 0) is 45.6 Å². The molecule has 2 heteroatoms. The van der Waals surface area contributed by atoms with Crippen molar-refractivity contribution in [3.63, 3.8) is 0 Å². The van der Waals surface area contributed by atoms with Crippen molar-refractivity contribution in [1.82, 2.24) is 4.90 Å². The molecule has 0 saturated carbocycles. The van der Waals surface area contributed by atoms with Crippen molar-refractivity contribution in [2.45, 2.75) is 90.1 Å². The van der Waals surface area contributed by atoms with Gasteiger partial charge < -0.3 is 0 Å². The topological polar surface area (TPSA) is 3.24 Å². The van der Waals surface area contributed by atoms with Gasteiger partial charge in [-0.3, -0.25) is 4.90 Å². The fraction of sp³-hybridized carbons (Fsp3) is 1.00. The van der Waals surface area contributed by atoms with Gasteiger partial charge in [0.15, 0.2) is 0 Å². The van der Waals surface area contributed by atoms with Crippen LogP contribution >= 0.6 is 15.9 Å². The fourth-order valence-electron chi connectivity index (χ4n) is 3.24. The lowest BCUT2D eigenvalue weighted by Gasteiger charge is -2.27. The van der Waals surface area contributed by atoms with E-state index in [1.807, 2.05) is 0 Å². The van der Waals surface area contributed by atoms with E-state index in [4.69, 9.17) is 0 Å². The molecule has 0 aromatic carbocycles. The van der Waals surface area contributed by atoms with Gasteiger partial charge in [-0.1, -0.05) is 55.0 Å². The van der Waals surface area contributed by atoms with Crippen LogP contribution in [-0.4, -0.2) is 28.9 Å². The molecule has 1 heterocycles. The first kappa shape index (κ1) is 16.5. The van der Waals surface area contributed by atoms with Crippen LogP contribution in [0.25, 0.3) is 0 Å². The van der Waals surface area contributed by atoms with Crippen LogP contribution in [0.2, 0.25) is 0 Å². The Morgan fingerprint density at radius 3 is 2.17 bits per heavy atom. The number of unbranched alkanes of at least 4 members (excludes halogenated alkanes) is 6. The third-order valence-corrected chi connectivity index (χ3v) is 5.03. The van der Waals surface area contributed by atoms with Crippen LogP contribution < -0.4 is 0 Å². The van der Waals surface area contributed by atoms with Crippen molar-refractivity contribution in [2.24, 2.45) is 0 Å². The van der Waals surface area contributed by atoms with Crippen LogP contribution in [0.5, 0.6) is 0 Å². The third kappa shape index (κ3) is 6.06. The Hall–Kier alpha value is 0.440. The lowest BCUT2D eigenvalue weighted by Crippen LogP contribution is -2.34. The first-order valence-corrected chi connectivity index (χ1v) is 9.23. The van der Waals surface area contributed by atoms with E-state index in [0.717, 1.165) is 12.1 Å². The van der Waals surface area contributed by atoms with Crippen LogP contribution in [0.3, 0.4) is 0 Å².